The molecule has 14 heteroatoms. The second kappa shape index (κ2) is 14.2. The number of fused-ring (bicyclic) bond motifs is 5. The van der Waals surface area contributed by atoms with Gasteiger partial charge in [-0.05, 0) is 91.4 Å². The number of esters is 1. The number of aliphatic hydroxyl groups excluding tert-OH is 8. The molecule has 0 bridgehead atoms. The minimum atomic E-state index is -1.66. The molecule has 55 heavy (non-hydrogen) atoms. The summed E-state index contributed by atoms with van der Waals surface area (Å²) in [5.41, 5.74) is -1.77. The molecule has 3 aliphatic heterocycles. The maximum absolute atomic E-state index is 13.6. The molecule has 0 amide bonds. The molecular formula is C41H66O14. The Kier molecular flexibility index (Phi) is 10.8. The lowest BCUT2D eigenvalue weighted by atomic mass is 9.34. The number of hydrogen-bond donors (Lipinski definition) is 8. The molecule has 3 heterocycles. The zero-order valence-corrected chi connectivity index (χ0v) is 33.6. The highest BCUT2D eigenvalue weighted by molar-refractivity contribution is 5.81. The van der Waals surface area contributed by atoms with Crippen molar-refractivity contribution in [2.75, 3.05) is 6.61 Å². The Bertz CT molecular complexity index is 1490. The highest BCUT2D eigenvalue weighted by Crippen LogP contribution is 2.74. The zero-order chi connectivity index (χ0) is 40.4. The summed E-state index contributed by atoms with van der Waals surface area (Å²) in [6, 6.07) is 0. The topological polar surface area (TPSA) is 225 Å². The number of carbonyl (C=O) groups excluding carboxylic acids is 1. The Hall–Kier alpha value is -1.27. The Balaban J connectivity index is 1.13. The van der Waals surface area contributed by atoms with Crippen LogP contribution in [0.2, 0.25) is 0 Å². The van der Waals surface area contributed by atoms with Gasteiger partial charge in [0, 0.05) is 12.3 Å². The SMILES string of the molecule is CC(O)C(C)C1CC2(CCC3(C)C(=CCC4C5(C)CC(O)C(OC6OCC(O)C(O)C6OC6OC(C)C(O)C(O)C6O)C(C)(C)C5CCC43C)C2O)C(=O)O1. The Morgan fingerprint density at radius 1 is 0.818 bits per heavy atom. The van der Waals surface area contributed by atoms with Crippen molar-refractivity contribution < 1.29 is 69.3 Å². The fourth-order valence-electron chi connectivity index (χ4n) is 12.9. The number of allylic oxidation sites excluding steroid dienone is 1. The van der Waals surface area contributed by atoms with Crippen molar-refractivity contribution in [3.05, 3.63) is 11.6 Å². The predicted molar refractivity (Wildman–Crippen MR) is 195 cm³/mol. The molecule has 21 atom stereocenters. The van der Waals surface area contributed by atoms with Crippen molar-refractivity contribution in [1.82, 2.24) is 0 Å². The van der Waals surface area contributed by atoms with Gasteiger partial charge in [0.15, 0.2) is 12.6 Å². The van der Waals surface area contributed by atoms with Gasteiger partial charge in [-0.15, -0.1) is 0 Å². The van der Waals surface area contributed by atoms with Gasteiger partial charge in [-0.25, -0.2) is 0 Å². The van der Waals surface area contributed by atoms with Crippen LogP contribution in [0, 0.1) is 44.8 Å². The van der Waals surface area contributed by atoms with Gasteiger partial charge in [-0.3, -0.25) is 4.79 Å². The summed E-state index contributed by atoms with van der Waals surface area (Å²) < 4.78 is 29.9. The van der Waals surface area contributed by atoms with Gasteiger partial charge >= 0.3 is 5.97 Å². The van der Waals surface area contributed by atoms with E-state index in [2.05, 4.69) is 40.7 Å². The highest BCUT2D eigenvalue weighted by Gasteiger charge is 2.71. The molecule has 0 aromatic heterocycles. The zero-order valence-electron chi connectivity index (χ0n) is 33.6. The first-order chi connectivity index (χ1) is 25.5. The van der Waals surface area contributed by atoms with E-state index in [1.165, 1.54) is 6.92 Å². The largest absolute Gasteiger partial charge is 0.461 e. The fraction of sp³-hybridized carbons (Fsp3) is 0.927. The molecule has 314 valence electrons. The number of carbonyl (C=O) groups is 1. The minimum Gasteiger partial charge on any atom is -0.461 e. The fourth-order valence-corrected chi connectivity index (χ4v) is 12.9. The summed E-state index contributed by atoms with van der Waals surface area (Å²) in [6.45, 7) is 15.8. The molecule has 0 radical (unpaired) electrons. The van der Waals surface area contributed by atoms with Gasteiger partial charge in [0.25, 0.3) is 0 Å². The lowest BCUT2D eigenvalue weighted by Crippen LogP contribution is -2.68. The first-order valence-corrected chi connectivity index (χ1v) is 20.5. The van der Waals surface area contributed by atoms with Gasteiger partial charge in [0.05, 0.1) is 37.1 Å². The van der Waals surface area contributed by atoms with E-state index >= 15 is 0 Å². The van der Waals surface area contributed by atoms with Gasteiger partial charge in [0.1, 0.15) is 48.1 Å². The number of hydrogen-bond acceptors (Lipinski definition) is 14. The molecule has 8 N–H and O–H groups in total. The van der Waals surface area contributed by atoms with Crippen LogP contribution < -0.4 is 0 Å². The van der Waals surface area contributed by atoms with Crippen LogP contribution >= 0.6 is 0 Å². The summed E-state index contributed by atoms with van der Waals surface area (Å²) in [5.74, 6) is -0.412. The van der Waals surface area contributed by atoms with Crippen LogP contribution in [0.1, 0.15) is 100 Å². The minimum absolute atomic E-state index is 0.0804. The van der Waals surface area contributed by atoms with Gasteiger partial charge in [-0.2, -0.15) is 0 Å². The second-order valence-electron chi connectivity index (χ2n) is 19.8. The third kappa shape index (κ3) is 6.13. The van der Waals surface area contributed by atoms with Crippen molar-refractivity contribution in [3.63, 3.8) is 0 Å². The van der Waals surface area contributed by atoms with Gasteiger partial charge in [0.2, 0.25) is 0 Å². The molecule has 21 unspecified atom stereocenters. The molecule has 7 rings (SSSR count). The normalized spacial score (nSPS) is 54.7. The molecule has 14 nitrogen and oxygen atoms in total. The molecule has 6 fully saturated rings. The van der Waals surface area contributed by atoms with E-state index in [1.807, 2.05) is 6.92 Å². The predicted octanol–water partition coefficient (Wildman–Crippen LogP) is 1.30. The summed E-state index contributed by atoms with van der Waals surface area (Å²) in [7, 11) is 0. The smallest absolute Gasteiger partial charge is 0.315 e. The molecular weight excluding hydrogens is 716 g/mol. The Morgan fingerprint density at radius 2 is 1.51 bits per heavy atom. The van der Waals surface area contributed by atoms with E-state index in [1.54, 1.807) is 6.92 Å². The van der Waals surface area contributed by atoms with Crippen LogP contribution in [0.5, 0.6) is 0 Å². The van der Waals surface area contributed by atoms with Crippen LogP contribution in [0.25, 0.3) is 0 Å². The molecule has 3 saturated carbocycles. The highest BCUT2D eigenvalue weighted by atomic mass is 16.8. The lowest BCUT2D eigenvalue weighted by molar-refractivity contribution is -0.369. The first-order valence-electron chi connectivity index (χ1n) is 20.5. The van der Waals surface area contributed by atoms with E-state index < -0.39 is 102 Å². The van der Waals surface area contributed by atoms with E-state index in [9.17, 15) is 45.6 Å². The lowest BCUT2D eigenvalue weighted by Gasteiger charge is -2.70. The molecule has 0 aromatic carbocycles. The Morgan fingerprint density at radius 3 is 2.18 bits per heavy atom. The second-order valence-corrected chi connectivity index (χ2v) is 19.8. The number of aliphatic hydroxyl groups is 8. The van der Waals surface area contributed by atoms with Crippen molar-refractivity contribution in [2.24, 2.45) is 44.8 Å². The number of rotatable bonds is 6. The summed E-state index contributed by atoms with van der Waals surface area (Å²) in [5, 5.41) is 87.4. The van der Waals surface area contributed by atoms with E-state index in [0.717, 1.165) is 18.4 Å². The maximum atomic E-state index is 13.6. The van der Waals surface area contributed by atoms with E-state index in [4.69, 9.17) is 23.7 Å². The average molecular weight is 783 g/mol. The summed E-state index contributed by atoms with van der Waals surface area (Å²) >= 11 is 0. The van der Waals surface area contributed by atoms with Crippen LogP contribution in [0.4, 0.5) is 0 Å². The number of ether oxygens (including phenoxy) is 5. The molecule has 1 spiro atoms. The van der Waals surface area contributed by atoms with Crippen molar-refractivity contribution in [1.29, 1.82) is 0 Å². The average Bonchev–Trinajstić information content (AvgIpc) is 3.45. The third-order valence-electron chi connectivity index (χ3n) is 16.7. The standard InChI is InChI=1S/C41H66O14/c1-18(19(2)42)24-16-41(36(50)53-24)14-13-39(7)21(32(41)49)9-10-26-38(6)15-22(43)33(37(4,5)25(38)11-12-40(26,39)8)55-35-31(28(46)23(44)17-51-35)54-34-30(48)29(47)27(45)20(3)52-34/h9,18-20,22-35,42-49H,10-17H2,1-8H3. The molecule has 4 aliphatic carbocycles. The monoisotopic (exact) mass is 782 g/mol. The van der Waals surface area contributed by atoms with E-state index in [0.29, 0.717) is 32.1 Å². The maximum Gasteiger partial charge on any atom is 0.315 e. The Labute approximate surface area is 324 Å². The van der Waals surface area contributed by atoms with Crippen LogP contribution in [-0.2, 0) is 28.5 Å². The van der Waals surface area contributed by atoms with Crippen LogP contribution in [-0.4, -0.2) is 139 Å². The van der Waals surface area contributed by atoms with Crippen molar-refractivity contribution >= 4 is 5.97 Å². The van der Waals surface area contributed by atoms with Crippen molar-refractivity contribution in [3.8, 4) is 0 Å². The molecule has 0 aromatic rings. The summed E-state index contributed by atoms with van der Waals surface area (Å²) in [4.78, 5) is 13.6. The first kappa shape index (κ1) is 41.9. The third-order valence-corrected chi connectivity index (χ3v) is 16.7. The van der Waals surface area contributed by atoms with Crippen LogP contribution in [0.3, 0.4) is 0 Å². The van der Waals surface area contributed by atoms with E-state index in [-0.39, 0.29) is 41.2 Å². The molecule has 7 aliphatic rings. The quantitative estimate of drug-likeness (QED) is 0.108. The van der Waals surface area contributed by atoms with Crippen LogP contribution in [0.15, 0.2) is 11.6 Å². The number of cyclic esters (lactones) is 1. The van der Waals surface area contributed by atoms with Gasteiger partial charge in [-0.1, -0.05) is 47.6 Å². The molecule has 3 saturated heterocycles. The van der Waals surface area contributed by atoms with Crippen molar-refractivity contribution in [2.45, 2.75) is 186 Å². The van der Waals surface area contributed by atoms with Gasteiger partial charge < -0.3 is 64.5 Å². The summed E-state index contributed by atoms with van der Waals surface area (Å²) in [6.07, 6.45) is -9.78.